The van der Waals surface area contributed by atoms with E-state index < -0.39 is 6.10 Å². The van der Waals surface area contributed by atoms with Gasteiger partial charge in [-0.05, 0) is 25.0 Å². The van der Waals surface area contributed by atoms with E-state index in [2.05, 4.69) is 16.0 Å². The van der Waals surface area contributed by atoms with Crippen molar-refractivity contribution in [3.8, 4) is 0 Å². The first-order valence-electron chi connectivity index (χ1n) is 6.27. The van der Waals surface area contributed by atoms with Gasteiger partial charge >= 0.3 is 0 Å². The van der Waals surface area contributed by atoms with E-state index in [1.54, 1.807) is 20.2 Å². The number of nitrogens with zero attached hydrogens (tertiary/aromatic N) is 2. The van der Waals surface area contributed by atoms with E-state index in [1.807, 2.05) is 12.1 Å². The summed E-state index contributed by atoms with van der Waals surface area (Å²) in [4.78, 5) is 6.60. The first kappa shape index (κ1) is 13.1. The van der Waals surface area contributed by atoms with Gasteiger partial charge in [-0.15, -0.1) is 0 Å². The zero-order valence-corrected chi connectivity index (χ0v) is 11.0. The van der Waals surface area contributed by atoms with E-state index in [-0.39, 0.29) is 0 Å². The van der Waals surface area contributed by atoms with E-state index in [0.717, 1.165) is 30.9 Å². The fourth-order valence-electron chi connectivity index (χ4n) is 2.22. The molecule has 0 spiro atoms. The van der Waals surface area contributed by atoms with Gasteiger partial charge in [-0.2, -0.15) is 0 Å². The van der Waals surface area contributed by atoms with E-state index in [4.69, 9.17) is 4.74 Å². The minimum atomic E-state index is -0.488. The van der Waals surface area contributed by atoms with Crippen molar-refractivity contribution < 1.29 is 9.84 Å². The first-order valence-corrected chi connectivity index (χ1v) is 6.27. The van der Waals surface area contributed by atoms with Crippen molar-refractivity contribution in [2.75, 3.05) is 31.7 Å². The molecule has 1 aliphatic heterocycles. The van der Waals surface area contributed by atoms with Gasteiger partial charge in [0, 0.05) is 32.0 Å². The summed E-state index contributed by atoms with van der Waals surface area (Å²) in [5.74, 6) is 0.889. The van der Waals surface area contributed by atoms with Crippen LogP contribution in [-0.2, 0) is 4.74 Å². The summed E-state index contributed by atoms with van der Waals surface area (Å²) < 4.78 is 5.14. The molecular weight excluding hydrogens is 228 g/mol. The van der Waals surface area contributed by atoms with Crippen molar-refractivity contribution >= 4 is 5.82 Å². The van der Waals surface area contributed by atoms with Gasteiger partial charge in [-0.3, -0.25) is 0 Å². The third-order valence-electron chi connectivity index (χ3n) is 3.20. The molecule has 0 bridgehead atoms. The molecule has 1 aromatic rings. The molecule has 0 amide bonds. The van der Waals surface area contributed by atoms with Gasteiger partial charge in [0.25, 0.3) is 0 Å². The highest BCUT2D eigenvalue weighted by Gasteiger charge is 2.17. The second-order valence-electron chi connectivity index (χ2n) is 4.58. The summed E-state index contributed by atoms with van der Waals surface area (Å²) in [5, 5.41) is 9.77. The predicted molar refractivity (Wildman–Crippen MR) is 71.7 cm³/mol. The third kappa shape index (κ3) is 2.89. The molecule has 2 rings (SSSR count). The lowest BCUT2D eigenvalue weighted by molar-refractivity contribution is 0.199. The number of ether oxygens (including phenoxy) is 1. The molecule has 0 saturated carbocycles. The van der Waals surface area contributed by atoms with Gasteiger partial charge in [0.2, 0.25) is 0 Å². The number of aliphatic hydroxyl groups excluding tert-OH is 1. The highest BCUT2D eigenvalue weighted by atomic mass is 16.5. The Hall–Kier alpha value is -1.39. The fourth-order valence-corrected chi connectivity index (χ4v) is 2.22. The summed E-state index contributed by atoms with van der Waals surface area (Å²) in [7, 11) is 1.72. The Morgan fingerprint density at radius 1 is 1.56 bits per heavy atom. The van der Waals surface area contributed by atoms with Gasteiger partial charge in [-0.25, -0.2) is 4.98 Å². The number of hydrogen-bond donors (Lipinski definition) is 1. The number of hydrogen-bond acceptors (Lipinski definition) is 4. The largest absolute Gasteiger partial charge is 0.389 e. The van der Waals surface area contributed by atoms with Gasteiger partial charge in [-0.1, -0.05) is 12.1 Å². The molecule has 18 heavy (non-hydrogen) atoms. The molecule has 1 N–H and O–H groups in total. The molecule has 1 aromatic heterocycles. The molecule has 0 fully saturated rings. The van der Waals surface area contributed by atoms with E-state index in [9.17, 15) is 5.11 Å². The molecule has 0 saturated heterocycles. The Kier molecular flexibility index (Phi) is 4.33. The number of pyridine rings is 1. The van der Waals surface area contributed by atoms with Crippen molar-refractivity contribution in [3.05, 3.63) is 35.5 Å². The molecule has 1 aliphatic rings. The summed E-state index contributed by atoms with van der Waals surface area (Å²) in [6.45, 7) is 4.23. The van der Waals surface area contributed by atoms with Crippen LogP contribution >= 0.6 is 0 Å². The van der Waals surface area contributed by atoms with Crippen molar-refractivity contribution in [1.29, 1.82) is 0 Å². The Balaban J connectivity index is 2.14. The van der Waals surface area contributed by atoms with E-state index >= 15 is 0 Å². The Morgan fingerprint density at radius 2 is 2.39 bits per heavy atom. The van der Waals surface area contributed by atoms with Crippen LogP contribution in [0.15, 0.2) is 30.0 Å². The molecule has 0 radical (unpaired) electrons. The number of methoxy groups -OCH3 is 1. The van der Waals surface area contributed by atoms with Crippen LogP contribution in [0.4, 0.5) is 5.82 Å². The highest BCUT2D eigenvalue weighted by Crippen LogP contribution is 2.25. The van der Waals surface area contributed by atoms with Crippen LogP contribution in [0.25, 0.3) is 0 Å². The number of rotatable bonds is 4. The maximum absolute atomic E-state index is 9.77. The molecule has 98 valence electrons. The van der Waals surface area contributed by atoms with Gasteiger partial charge in [0.1, 0.15) is 5.82 Å². The summed E-state index contributed by atoms with van der Waals surface area (Å²) in [6.07, 6.45) is 4.46. The topological polar surface area (TPSA) is 45.6 Å². The lowest BCUT2D eigenvalue weighted by Gasteiger charge is -2.29. The van der Waals surface area contributed by atoms with Crippen LogP contribution in [0, 0.1) is 0 Å². The molecule has 0 aliphatic carbocycles. The van der Waals surface area contributed by atoms with Gasteiger partial charge < -0.3 is 14.7 Å². The normalized spacial score (nSPS) is 17.5. The van der Waals surface area contributed by atoms with Crippen molar-refractivity contribution in [2.45, 2.75) is 19.4 Å². The van der Waals surface area contributed by atoms with Crippen LogP contribution in [0.2, 0.25) is 0 Å². The van der Waals surface area contributed by atoms with Crippen molar-refractivity contribution in [1.82, 2.24) is 4.98 Å². The SMILES string of the molecule is COCC1=CCN(c2ncccc2[C@H](C)O)CC1. The van der Waals surface area contributed by atoms with Gasteiger partial charge in [0.05, 0.1) is 12.7 Å². The average molecular weight is 248 g/mol. The minimum Gasteiger partial charge on any atom is -0.389 e. The third-order valence-corrected chi connectivity index (χ3v) is 3.20. The minimum absolute atomic E-state index is 0.488. The molecule has 0 aromatic carbocycles. The van der Waals surface area contributed by atoms with Gasteiger partial charge in [0.15, 0.2) is 0 Å². The van der Waals surface area contributed by atoms with Crippen LogP contribution < -0.4 is 4.90 Å². The Bertz CT molecular complexity index is 430. The van der Waals surface area contributed by atoms with Crippen LogP contribution in [0.5, 0.6) is 0 Å². The second kappa shape index (κ2) is 5.98. The summed E-state index contributed by atoms with van der Waals surface area (Å²) >= 11 is 0. The monoisotopic (exact) mass is 248 g/mol. The number of anilines is 1. The first-order chi connectivity index (χ1) is 8.72. The lowest BCUT2D eigenvalue weighted by Crippen LogP contribution is -2.31. The molecule has 2 heterocycles. The maximum Gasteiger partial charge on any atom is 0.134 e. The molecule has 4 heteroatoms. The predicted octanol–water partition coefficient (Wildman–Crippen LogP) is 1.92. The van der Waals surface area contributed by atoms with E-state index in [0.29, 0.717) is 6.61 Å². The Labute approximate surface area is 108 Å². The van der Waals surface area contributed by atoms with Crippen LogP contribution in [0.1, 0.15) is 25.0 Å². The standard InChI is InChI=1S/C14H20N2O2/c1-11(17)13-4-3-7-15-14(13)16-8-5-12(6-9-16)10-18-2/h3-5,7,11,17H,6,8-10H2,1-2H3/t11-/m0/s1. The highest BCUT2D eigenvalue weighted by molar-refractivity contribution is 5.49. The molecule has 4 nitrogen and oxygen atoms in total. The Morgan fingerprint density at radius 3 is 3.00 bits per heavy atom. The summed E-state index contributed by atoms with van der Waals surface area (Å²) in [6, 6.07) is 3.79. The van der Waals surface area contributed by atoms with E-state index in [1.165, 1.54) is 5.57 Å². The maximum atomic E-state index is 9.77. The number of aromatic nitrogens is 1. The fraction of sp³-hybridized carbons (Fsp3) is 0.500. The molecule has 0 unspecified atom stereocenters. The average Bonchev–Trinajstić information content (AvgIpc) is 2.40. The van der Waals surface area contributed by atoms with Crippen LogP contribution in [-0.4, -0.2) is 36.9 Å². The quantitative estimate of drug-likeness (QED) is 0.827. The smallest absolute Gasteiger partial charge is 0.134 e. The molecule has 1 atom stereocenters. The number of aliphatic hydroxyl groups is 1. The summed E-state index contributed by atoms with van der Waals surface area (Å²) in [5.41, 5.74) is 2.23. The molecular formula is C14H20N2O2. The zero-order chi connectivity index (χ0) is 13.0. The zero-order valence-electron chi connectivity index (χ0n) is 11.0. The lowest BCUT2D eigenvalue weighted by atomic mass is 10.1. The second-order valence-corrected chi connectivity index (χ2v) is 4.58. The van der Waals surface area contributed by atoms with Crippen molar-refractivity contribution in [3.63, 3.8) is 0 Å². The van der Waals surface area contributed by atoms with Crippen LogP contribution in [0.3, 0.4) is 0 Å². The van der Waals surface area contributed by atoms with Crippen molar-refractivity contribution in [2.24, 2.45) is 0 Å².